The van der Waals surface area contributed by atoms with Crippen molar-refractivity contribution in [2.24, 2.45) is 5.92 Å². The lowest BCUT2D eigenvalue weighted by Gasteiger charge is -2.44. The van der Waals surface area contributed by atoms with E-state index in [9.17, 15) is 22.2 Å². The molecule has 4 rings (SSSR count). The van der Waals surface area contributed by atoms with E-state index >= 15 is 4.39 Å². The highest BCUT2D eigenvalue weighted by atomic mass is 32.2. The van der Waals surface area contributed by atoms with E-state index in [2.05, 4.69) is 4.72 Å². The summed E-state index contributed by atoms with van der Waals surface area (Å²) in [6, 6.07) is 7.22. The maximum Gasteiger partial charge on any atom is 0.229 e. The molecule has 0 aromatic heterocycles. The van der Waals surface area contributed by atoms with Gasteiger partial charge in [-0.1, -0.05) is 36.8 Å². The molecular formula is C23H24F4N2O2S. The van der Waals surface area contributed by atoms with Gasteiger partial charge in [0, 0.05) is 18.7 Å². The molecule has 32 heavy (non-hydrogen) atoms. The number of amides is 1. The zero-order chi connectivity index (χ0) is 23.2. The van der Waals surface area contributed by atoms with Crippen molar-refractivity contribution in [2.45, 2.75) is 38.2 Å². The van der Waals surface area contributed by atoms with Crippen LogP contribution in [0.2, 0.25) is 0 Å². The van der Waals surface area contributed by atoms with E-state index in [1.54, 1.807) is 19.9 Å². The fraction of sp³-hybridized carbons (Fsp3) is 0.435. The predicted molar refractivity (Wildman–Crippen MR) is 115 cm³/mol. The molecule has 1 saturated carbocycles. The molecular weight excluding hydrogens is 444 g/mol. The van der Waals surface area contributed by atoms with Crippen LogP contribution in [0, 0.1) is 24.5 Å². The van der Waals surface area contributed by atoms with Gasteiger partial charge in [-0.3, -0.25) is 4.79 Å². The summed E-state index contributed by atoms with van der Waals surface area (Å²) in [6.07, 6.45) is -1.43. The number of hydrogen-bond acceptors (Lipinski definition) is 2. The number of likely N-dealkylation sites (tertiary alicyclic amines) is 1. The first-order valence-corrected chi connectivity index (χ1v) is 11.8. The summed E-state index contributed by atoms with van der Waals surface area (Å²) in [7, 11) is -1.33. The van der Waals surface area contributed by atoms with E-state index in [4.69, 9.17) is 0 Å². The minimum atomic E-state index is -2.10. The fourth-order valence-electron chi connectivity index (χ4n) is 4.28. The summed E-state index contributed by atoms with van der Waals surface area (Å²) in [5.41, 5.74) is -1.62. The van der Waals surface area contributed by atoms with Crippen molar-refractivity contribution in [3.05, 3.63) is 59.2 Å². The van der Waals surface area contributed by atoms with Crippen LogP contribution in [-0.2, 0) is 21.4 Å². The quantitative estimate of drug-likeness (QED) is 0.626. The molecule has 5 atom stereocenters. The highest BCUT2D eigenvalue weighted by Crippen LogP contribution is 2.59. The van der Waals surface area contributed by atoms with E-state index in [0.29, 0.717) is 11.3 Å². The number of hydrogen-bond donors (Lipinski definition) is 1. The SMILES string of the molecule is CCS(=O)NC[C@@H]1C(F)CN1C(=O)[C@@H]1CC1(F)c1ccc(C)cc1-c1c(F)cccc1F. The van der Waals surface area contributed by atoms with Crippen LogP contribution in [-0.4, -0.2) is 46.1 Å². The minimum Gasteiger partial charge on any atom is -0.332 e. The van der Waals surface area contributed by atoms with Crippen LogP contribution in [0.3, 0.4) is 0 Å². The van der Waals surface area contributed by atoms with Gasteiger partial charge in [-0.2, -0.15) is 0 Å². The van der Waals surface area contributed by atoms with Gasteiger partial charge in [0.1, 0.15) is 23.5 Å². The molecule has 2 aliphatic rings. The largest absolute Gasteiger partial charge is 0.332 e. The molecule has 3 unspecified atom stereocenters. The third kappa shape index (κ3) is 3.96. The molecule has 1 N–H and O–H groups in total. The maximum absolute atomic E-state index is 16.0. The number of aryl methyl sites for hydroxylation is 1. The summed E-state index contributed by atoms with van der Waals surface area (Å²) in [5, 5.41) is 0. The van der Waals surface area contributed by atoms with Gasteiger partial charge in [-0.25, -0.2) is 26.5 Å². The Morgan fingerprint density at radius 1 is 1.25 bits per heavy atom. The Morgan fingerprint density at radius 3 is 2.56 bits per heavy atom. The molecule has 1 heterocycles. The number of nitrogens with one attached hydrogen (secondary N) is 1. The molecule has 172 valence electrons. The first-order valence-electron chi connectivity index (χ1n) is 10.5. The number of halogens is 4. The third-order valence-electron chi connectivity index (χ3n) is 6.23. The lowest BCUT2D eigenvalue weighted by molar-refractivity contribution is -0.147. The van der Waals surface area contributed by atoms with Crippen molar-refractivity contribution in [3.8, 4) is 11.1 Å². The second kappa shape index (κ2) is 8.59. The lowest BCUT2D eigenvalue weighted by Crippen LogP contribution is -2.64. The summed E-state index contributed by atoms with van der Waals surface area (Å²) in [5.74, 6) is -2.90. The van der Waals surface area contributed by atoms with Gasteiger partial charge in [0.2, 0.25) is 5.91 Å². The van der Waals surface area contributed by atoms with Gasteiger partial charge in [-0.15, -0.1) is 0 Å². The van der Waals surface area contributed by atoms with E-state index in [0.717, 1.165) is 12.1 Å². The average Bonchev–Trinajstić information content (AvgIpc) is 3.43. The van der Waals surface area contributed by atoms with Gasteiger partial charge in [0.15, 0.2) is 0 Å². The highest BCUT2D eigenvalue weighted by molar-refractivity contribution is 7.82. The molecule has 2 aromatic rings. The fourth-order valence-corrected chi connectivity index (χ4v) is 4.84. The minimum absolute atomic E-state index is 0.00951. The number of carbonyl (C=O) groups is 1. The van der Waals surface area contributed by atoms with Crippen LogP contribution < -0.4 is 4.72 Å². The normalized spacial score (nSPS) is 27.7. The van der Waals surface area contributed by atoms with Gasteiger partial charge < -0.3 is 4.90 Å². The second-order valence-electron chi connectivity index (χ2n) is 8.32. The van der Waals surface area contributed by atoms with Crippen LogP contribution in [0.4, 0.5) is 17.6 Å². The van der Waals surface area contributed by atoms with Crippen molar-refractivity contribution in [1.29, 1.82) is 0 Å². The van der Waals surface area contributed by atoms with Crippen LogP contribution in [0.1, 0.15) is 24.5 Å². The third-order valence-corrected chi connectivity index (χ3v) is 7.25. The molecule has 1 amide bonds. The van der Waals surface area contributed by atoms with E-state index < -0.39 is 52.3 Å². The molecule has 1 saturated heterocycles. The number of nitrogens with zero attached hydrogens (tertiary/aromatic N) is 1. The van der Waals surface area contributed by atoms with Gasteiger partial charge in [-0.05, 0) is 30.2 Å². The molecule has 4 nitrogen and oxygen atoms in total. The number of carbonyl (C=O) groups excluding carboxylic acids is 1. The van der Waals surface area contributed by atoms with Crippen LogP contribution in [0.25, 0.3) is 11.1 Å². The zero-order valence-electron chi connectivity index (χ0n) is 17.7. The van der Waals surface area contributed by atoms with Crippen LogP contribution in [0.5, 0.6) is 0 Å². The highest BCUT2D eigenvalue weighted by Gasteiger charge is 2.64. The summed E-state index contributed by atoms with van der Waals surface area (Å²) >= 11 is 0. The molecule has 0 spiro atoms. The Bertz CT molecular complexity index is 1060. The Balaban J connectivity index is 1.59. The van der Waals surface area contributed by atoms with Gasteiger partial charge in [0.05, 0.1) is 35.1 Å². The van der Waals surface area contributed by atoms with Gasteiger partial charge in [0.25, 0.3) is 0 Å². The molecule has 0 bridgehead atoms. The number of rotatable bonds is 7. The summed E-state index contributed by atoms with van der Waals surface area (Å²) < 4.78 is 73.2. The van der Waals surface area contributed by atoms with Crippen molar-refractivity contribution in [3.63, 3.8) is 0 Å². The van der Waals surface area contributed by atoms with Crippen molar-refractivity contribution >= 4 is 16.9 Å². The molecule has 1 aliphatic heterocycles. The maximum atomic E-state index is 16.0. The first kappa shape index (κ1) is 22.9. The number of benzene rings is 2. The number of alkyl halides is 2. The van der Waals surface area contributed by atoms with Crippen LogP contribution >= 0.6 is 0 Å². The van der Waals surface area contributed by atoms with Gasteiger partial charge >= 0.3 is 0 Å². The Labute approximate surface area is 186 Å². The topological polar surface area (TPSA) is 49.4 Å². The Morgan fingerprint density at radius 2 is 1.94 bits per heavy atom. The molecule has 2 fully saturated rings. The van der Waals surface area contributed by atoms with Crippen LogP contribution in [0.15, 0.2) is 36.4 Å². The molecule has 2 aromatic carbocycles. The molecule has 0 radical (unpaired) electrons. The lowest BCUT2D eigenvalue weighted by atomic mass is 9.91. The summed E-state index contributed by atoms with van der Waals surface area (Å²) in [6.45, 7) is 3.29. The Kier molecular flexibility index (Phi) is 6.15. The van der Waals surface area contributed by atoms with E-state index in [1.807, 2.05) is 0 Å². The zero-order valence-corrected chi connectivity index (χ0v) is 18.5. The average molecular weight is 469 g/mol. The van der Waals surface area contributed by atoms with E-state index in [1.165, 1.54) is 23.1 Å². The van der Waals surface area contributed by atoms with Crippen molar-refractivity contribution in [2.75, 3.05) is 18.8 Å². The monoisotopic (exact) mass is 468 g/mol. The van der Waals surface area contributed by atoms with Crippen molar-refractivity contribution in [1.82, 2.24) is 9.62 Å². The molecule has 1 aliphatic carbocycles. The second-order valence-corrected chi connectivity index (χ2v) is 9.88. The Hall–Kier alpha value is -2.26. The predicted octanol–water partition coefficient (Wildman–Crippen LogP) is 3.95. The van der Waals surface area contributed by atoms with E-state index in [-0.39, 0.29) is 36.2 Å². The smallest absolute Gasteiger partial charge is 0.229 e. The standard InChI is InChI=1S/C23H24F4N2O2S/c1-3-32(31)28-11-20-19(26)12-29(20)22(30)16-10-23(16,27)15-8-7-13(2)9-14(15)21-17(24)5-4-6-18(21)25/h4-9,16,19-20,28H,3,10-12H2,1-2H3/t16-,19?,20+,23?,32?/m0/s1. The summed E-state index contributed by atoms with van der Waals surface area (Å²) in [4.78, 5) is 14.2. The molecule has 9 heteroatoms. The first-order chi connectivity index (χ1) is 15.2. The van der Waals surface area contributed by atoms with Crippen molar-refractivity contribution < 1.29 is 26.6 Å².